The predicted molar refractivity (Wildman–Crippen MR) is 79.3 cm³/mol. The van der Waals surface area contributed by atoms with Crippen LogP contribution in [0.3, 0.4) is 0 Å². The van der Waals surface area contributed by atoms with Gasteiger partial charge in [0.05, 0.1) is 11.5 Å². The molecule has 3 nitrogen and oxygen atoms in total. The van der Waals surface area contributed by atoms with Gasteiger partial charge in [0.25, 0.3) is 0 Å². The van der Waals surface area contributed by atoms with E-state index in [-0.39, 0.29) is 29.2 Å². The molecule has 1 aromatic carbocycles. The Hall–Kier alpha value is -0.650. The Morgan fingerprint density at radius 1 is 1.50 bits per heavy atom. The van der Waals surface area contributed by atoms with Gasteiger partial charge >= 0.3 is 0 Å². The van der Waals surface area contributed by atoms with Gasteiger partial charge in [0.15, 0.2) is 9.84 Å². The highest BCUT2D eigenvalue weighted by molar-refractivity contribution is 7.91. The second-order valence-electron chi connectivity index (χ2n) is 5.42. The molecule has 1 heterocycles. The second kappa shape index (κ2) is 6.41. The minimum absolute atomic E-state index is 0.117. The van der Waals surface area contributed by atoms with Crippen molar-refractivity contribution >= 4 is 21.4 Å². The van der Waals surface area contributed by atoms with Gasteiger partial charge in [-0.15, -0.1) is 0 Å². The highest BCUT2D eigenvalue weighted by atomic mass is 35.5. The predicted octanol–water partition coefficient (Wildman–Crippen LogP) is 2.29. The molecule has 2 unspecified atom stereocenters. The Morgan fingerprint density at radius 3 is 2.85 bits per heavy atom. The molecular weight excluding hydrogens is 301 g/mol. The topological polar surface area (TPSA) is 46.2 Å². The van der Waals surface area contributed by atoms with Crippen LogP contribution in [-0.4, -0.2) is 33.5 Å². The third-order valence-electron chi connectivity index (χ3n) is 3.89. The average Bonchev–Trinajstić information content (AvgIpc) is 2.73. The van der Waals surface area contributed by atoms with Crippen molar-refractivity contribution in [2.75, 3.05) is 25.1 Å². The summed E-state index contributed by atoms with van der Waals surface area (Å²) in [4.78, 5) is 0. The lowest BCUT2D eigenvalue weighted by molar-refractivity contribution is 0.351. The van der Waals surface area contributed by atoms with Gasteiger partial charge in [0, 0.05) is 5.02 Å². The standard InChI is InChI=1S/C14H19ClFNO2S/c1-17-8-12(10-4-5-20(18,19)9-10)6-11-7-13(16)2-3-14(11)15/h2-3,7,10,12,17H,4-6,8-9H2,1H3. The van der Waals surface area contributed by atoms with E-state index < -0.39 is 9.84 Å². The Bertz CT molecular complexity index is 577. The Morgan fingerprint density at radius 2 is 2.25 bits per heavy atom. The van der Waals surface area contributed by atoms with Crippen LogP contribution in [0.15, 0.2) is 18.2 Å². The molecule has 20 heavy (non-hydrogen) atoms. The quantitative estimate of drug-likeness (QED) is 0.906. The van der Waals surface area contributed by atoms with Crippen molar-refractivity contribution in [3.05, 3.63) is 34.6 Å². The van der Waals surface area contributed by atoms with Crippen molar-refractivity contribution in [1.82, 2.24) is 5.32 Å². The number of halogens is 2. The third-order valence-corrected chi connectivity index (χ3v) is 6.05. The summed E-state index contributed by atoms with van der Waals surface area (Å²) in [6.45, 7) is 0.701. The van der Waals surface area contributed by atoms with Crippen LogP contribution >= 0.6 is 11.6 Å². The summed E-state index contributed by atoms with van der Waals surface area (Å²) in [7, 11) is -1.07. The normalized spacial score (nSPS) is 22.9. The van der Waals surface area contributed by atoms with Crippen LogP contribution in [0.1, 0.15) is 12.0 Å². The fourth-order valence-electron chi connectivity index (χ4n) is 2.85. The molecule has 6 heteroatoms. The van der Waals surface area contributed by atoms with Crippen LogP contribution in [0.5, 0.6) is 0 Å². The number of benzene rings is 1. The molecule has 0 saturated carbocycles. The maximum absolute atomic E-state index is 13.3. The van der Waals surface area contributed by atoms with Gasteiger partial charge < -0.3 is 5.32 Å². The largest absolute Gasteiger partial charge is 0.319 e. The molecule has 1 aliphatic rings. The van der Waals surface area contributed by atoms with E-state index in [9.17, 15) is 12.8 Å². The molecule has 0 spiro atoms. The summed E-state index contributed by atoms with van der Waals surface area (Å²) in [5, 5.41) is 3.63. The summed E-state index contributed by atoms with van der Waals surface area (Å²) in [5.74, 6) is 0.441. The Kier molecular flexibility index (Phi) is 5.04. The number of hydrogen-bond donors (Lipinski definition) is 1. The molecule has 2 rings (SSSR count). The van der Waals surface area contributed by atoms with Crippen molar-refractivity contribution in [2.24, 2.45) is 11.8 Å². The number of sulfone groups is 1. The van der Waals surface area contributed by atoms with Crippen molar-refractivity contribution in [3.63, 3.8) is 0 Å². The molecule has 0 amide bonds. The molecule has 112 valence electrons. The lowest BCUT2D eigenvalue weighted by Crippen LogP contribution is -2.28. The molecule has 1 aliphatic heterocycles. The Balaban J connectivity index is 2.15. The van der Waals surface area contributed by atoms with Gasteiger partial charge in [-0.3, -0.25) is 0 Å². The maximum Gasteiger partial charge on any atom is 0.150 e. The smallest absolute Gasteiger partial charge is 0.150 e. The average molecular weight is 320 g/mol. The highest BCUT2D eigenvalue weighted by Crippen LogP contribution is 2.30. The van der Waals surface area contributed by atoms with Crippen LogP contribution in [0.4, 0.5) is 4.39 Å². The van der Waals surface area contributed by atoms with Crippen LogP contribution < -0.4 is 5.32 Å². The minimum Gasteiger partial charge on any atom is -0.319 e. The van der Waals surface area contributed by atoms with E-state index in [0.29, 0.717) is 24.4 Å². The first-order valence-corrected chi connectivity index (χ1v) is 8.90. The molecule has 1 N–H and O–H groups in total. The first-order valence-electron chi connectivity index (χ1n) is 6.70. The first kappa shape index (κ1) is 15.7. The van der Waals surface area contributed by atoms with Gasteiger partial charge in [-0.1, -0.05) is 11.6 Å². The monoisotopic (exact) mass is 319 g/mol. The molecular formula is C14H19ClFNO2S. The van der Waals surface area contributed by atoms with E-state index >= 15 is 0 Å². The van der Waals surface area contributed by atoms with Crippen LogP contribution in [0, 0.1) is 17.7 Å². The van der Waals surface area contributed by atoms with Crippen molar-refractivity contribution in [1.29, 1.82) is 0 Å². The molecule has 0 radical (unpaired) electrons. The van der Waals surface area contributed by atoms with E-state index in [1.165, 1.54) is 12.1 Å². The van der Waals surface area contributed by atoms with Gasteiger partial charge in [0.1, 0.15) is 5.82 Å². The van der Waals surface area contributed by atoms with E-state index in [2.05, 4.69) is 5.32 Å². The number of rotatable bonds is 5. The van der Waals surface area contributed by atoms with E-state index in [4.69, 9.17) is 11.6 Å². The van der Waals surface area contributed by atoms with Crippen molar-refractivity contribution < 1.29 is 12.8 Å². The highest BCUT2D eigenvalue weighted by Gasteiger charge is 2.33. The lowest BCUT2D eigenvalue weighted by atomic mass is 9.86. The summed E-state index contributed by atoms with van der Waals surface area (Å²) in [6, 6.07) is 4.32. The zero-order chi connectivity index (χ0) is 14.8. The fraction of sp³-hybridized carbons (Fsp3) is 0.571. The summed E-state index contributed by atoms with van der Waals surface area (Å²) in [6.07, 6.45) is 1.28. The van der Waals surface area contributed by atoms with Crippen LogP contribution in [0.25, 0.3) is 0 Å². The van der Waals surface area contributed by atoms with Crippen LogP contribution in [0.2, 0.25) is 5.02 Å². The molecule has 1 fully saturated rings. The molecule has 1 saturated heterocycles. The summed E-state index contributed by atoms with van der Waals surface area (Å²) in [5.41, 5.74) is 0.746. The molecule has 0 aliphatic carbocycles. The lowest BCUT2D eigenvalue weighted by Gasteiger charge is -2.23. The number of nitrogens with one attached hydrogen (secondary N) is 1. The van der Waals surface area contributed by atoms with Gasteiger partial charge in [-0.25, -0.2) is 12.8 Å². The fourth-order valence-corrected chi connectivity index (χ4v) is 4.96. The van der Waals surface area contributed by atoms with Crippen molar-refractivity contribution in [3.8, 4) is 0 Å². The molecule has 1 aromatic rings. The number of hydrogen-bond acceptors (Lipinski definition) is 3. The molecule has 0 bridgehead atoms. The van der Waals surface area contributed by atoms with E-state index in [1.54, 1.807) is 6.07 Å². The molecule has 0 aromatic heterocycles. The SMILES string of the molecule is CNCC(Cc1cc(F)ccc1Cl)C1CCS(=O)(=O)C1. The molecule has 2 atom stereocenters. The zero-order valence-corrected chi connectivity index (χ0v) is 13.0. The van der Waals surface area contributed by atoms with Crippen LogP contribution in [-0.2, 0) is 16.3 Å². The second-order valence-corrected chi connectivity index (χ2v) is 8.06. The maximum atomic E-state index is 13.3. The van der Waals surface area contributed by atoms with Gasteiger partial charge in [0.2, 0.25) is 0 Å². The van der Waals surface area contributed by atoms with Gasteiger partial charge in [-0.2, -0.15) is 0 Å². The first-order chi connectivity index (χ1) is 9.41. The van der Waals surface area contributed by atoms with Crippen molar-refractivity contribution in [2.45, 2.75) is 12.8 Å². The summed E-state index contributed by atoms with van der Waals surface area (Å²) < 4.78 is 36.5. The summed E-state index contributed by atoms with van der Waals surface area (Å²) >= 11 is 6.10. The van der Waals surface area contributed by atoms with Gasteiger partial charge in [-0.05, 0) is 62.0 Å². The zero-order valence-electron chi connectivity index (χ0n) is 11.4. The van der Waals surface area contributed by atoms with E-state index in [1.807, 2.05) is 7.05 Å². The minimum atomic E-state index is -2.90. The van der Waals surface area contributed by atoms with E-state index in [0.717, 1.165) is 5.56 Å². The Labute approximate surface area is 124 Å². The third kappa shape index (κ3) is 3.93.